The minimum atomic E-state index is 0.473. The molecule has 7 nitrogen and oxygen atoms in total. The highest BCUT2D eigenvalue weighted by molar-refractivity contribution is 7.98. The number of aryl methyl sites for hydroxylation is 1. The minimum absolute atomic E-state index is 0.473. The largest absolute Gasteiger partial charge is 0.313 e. The Morgan fingerprint density at radius 1 is 1.42 bits per heavy atom. The summed E-state index contributed by atoms with van der Waals surface area (Å²) < 4.78 is 3.62. The van der Waals surface area contributed by atoms with Gasteiger partial charge >= 0.3 is 0 Å². The van der Waals surface area contributed by atoms with Gasteiger partial charge in [0.15, 0.2) is 0 Å². The first kappa shape index (κ1) is 14.0. The lowest BCUT2D eigenvalue weighted by Crippen LogP contribution is -2.27. The Hall–Kier alpha value is -1.41. The van der Waals surface area contributed by atoms with E-state index in [1.54, 1.807) is 16.4 Å². The maximum atomic E-state index is 4.33. The molecule has 0 saturated carbocycles. The molecule has 0 aliphatic heterocycles. The normalized spacial score (nSPS) is 11.4. The van der Waals surface area contributed by atoms with Gasteiger partial charge in [-0.3, -0.25) is 4.68 Å². The maximum Gasteiger partial charge on any atom is 0.209 e. The summed E-state index contributed by atoms with van der Waals surface area (Å²) in [6.07, 6.45) is 1.94. The summed E-state index contributed by atoms with van der Waals surface area (Å²) in [5.41, 5.74) is 1.03. The highest BCUT2D eigenvalue weighted by Crippen LogP contribution is 2.18. The van der Waals surface area contributed by atoms with Crippen LogP contribution in [0.5, 0.6) is 0 Å². The Labute approximate surface area is 116 Å². The molecule has 0 aliphatic carbocycles. The zero-order chi connectivity index (χ0) is 13.7. The first-order valence-corrected chi connectivity index (χ1v) is 7.24. The van der Waals surface area contributed by atoms with Crippen molar-refractivity contribution < 1.29 is 0 Å². The van der Waals surface area contributed by atoms with Crippen LogP contribution in [0.2, 0.25) is 0 Å². The summed E-state index contributed by atoms with van der Waals surface area (Å²) in [7, 11) is 1.91. The van der Waals surface area contributed by atoms with E-state index < -0.39 is 0 Å². The van der Waals surface area contributed by atoms with E-state index in [1.165, 1.54) is 0 Å². The predicted octanol–water partition coefficient (Wildman–Crippen LogP) is 0.697. The molecule has 1 N–H and O–H groups in total. The van der Waals surface area contributed by atoms with Crippen LogP contribution in [0, 0.1) is 0 Å². The Kier molecular flexibility index (Phi) is 4.92. The van der Waals surface area contributed by atoms with Crippen molar-refractivity contribution in [3.63, 3.8) is 0 Å². The summed E-state index contributed by atoms with van der Waals surface area (Å²) >= 11 is 1.60. The molecule has 0 radical (unpaired) electrons. The van der Waals surface area contributed by atoms with Crippen molar-refractivity contribution in [2.24, 2.45) is 7.05 Å². The van der Waals surface area contributed by atoms with E-state index in [0.29, 0.717) is 6.04 Å². The molecule has 0 fully saturated rings. The van der Waals surface area contributed by atoms with E-state index >= 15 is 0 Å². The third kappa shape index (κ3) is 4.32. The molecule has 2 heterocycles. The summed E-state index contributed by atoms with van der Waals surface area (Å²) in [6, 6.07) is 2.47. The average Bonchev–Trinajstić information content (AvgIpc) is 2.95. The first-order chi connectivity index (χ1) is 9.15. The third-order valence-corrected chi connectivity index (χ3v) is 3.48. The third-order valence-electron chi connectivity index (χ3n) is 2.49. The van der Waals surface area contributed by atoms with Gasteiger partial charge in [-0.2, -0.15) is 5.10 Å². The van der Waals surface area contributed by atoms with Gasteiger partial charge in [0, 0.05) is 31.6 Å². The van der Waals surface area contributed by atoms with Crippen LogP contribution in [0.3, 0.4) is 0 Å². The van der Waals surface area contributed by atoms with Crippen molar-refractivity contribution in [3.05, 3.63) is 18.0 Å². The van der Waals surface area contributed by atoms with Crippen LogP contribution >= 0.6 is 11.8 Å². The predicted molar refractivity (Wildman–Crippen MR) is 73.7 cm³/mol. The topological polar surface area (TPSA) is 73.5 Å². The van der Waals surface area contributed by atoms with Crippen molar-refractivity contribution in [1.29, 1.82) is 0 Å². The quantitative estimate of drug-likeness (QED) is 0.753. The number of hydrogen-bond acceptors (Lipinski definition) is 6. The van der Waals surface area contributed by atoms with Gasteiger partial charge in [0.2, 0.25) is 5.16 Å². The Balaban J connectivity index is 1.85. The maximum absolute atomic E-state index is 4.33. The summed E-state index contributed by atoms with van der Waals surface area (Å²) in [4.78, 5) is 0. The van der Waals surface area contributed by atoms with Gasteiger partial charge in [0.1, 0.15) is 0 Å². The first-order valence-electron chi connectivity index (χ1n) is 6.26. The van der Waals surface area contributed by atoms with E-state index in [1.807, 2.05) is 24.0 Å². The Morgan fingerprint density at radius 2 is 2.26 bits per heavy atom. The molecule has 104 valence electrons. The SMILES string of the molecule is CC(C)NCCn1nnnc1SCc1ccn(C)n1. The summed E-state index contributed by atoms with van der Waals surface area (Å²) in [5, 5.41) is 20.3. The van der Waals surface area contributed by atoms with Crippen LogP contribution in [0.15, 0.2) is 17.4 Å². The number of rotatable bonds is 7. The number of tetrazole rings is 1. The van der Waals surface area contributed by atoms with Crippen LogP contribution in [0.25, 0.3) is 0 Å². The lowest BCUT2D eigenvalue weighted by atomic mass is 10.4. The lowest BCUT2D eigenvalue weighted by molar-refractivity contribution is 0.485. The zero-order valence-electron chi connectivity index (χ0n) is 11.4. The molecular weight excluding hydrogens is 262 g/mol. The van der Waals surface area contributed by atoms with E-state index in [0.717, 1.165) is 29.7 Å². The van der Waals surface area contributed by atoms with Crippen LogP contribution in [0.1, 0.15) is 19.5 Å². The molecular formula is C11H19N7S. The highest BCUT2D eigenvalue weighted by Gasteiger charge is 2.08. The molecule has 0 bridgehead atoms. The fraction of sp³-hybridized carbons (Fsp3) is 0.636. The van der Waals surface area contributed by atoms with Gasteiger partial charge in [0.05, 0.1) is 12.2 Å². The van der Waals surface area contributed by atoms with Crippen LogP contribution < -0.4 is 5.32 Å². The highest BCUT2D eigenvalue weighted by atomic mass is 32.2. The van der Waals surface area contributed by atoms with Gasteiger partial charge in [-0.25, -0.2) is 4.68 Å². The van der Waals surface area contributed by atoms with E-state index in [2.05, 4.69) is 39.8 Å². The molecule has 2 aromatic rings. The van der Waals surface area contributed by atoms with Crippen LogP contribution in [-0.4, -0.2) is 42.6 Å². The molecule has 0 saturated heterocycles. The minimum Gasteiger partial charge on any atom is -0.313 e. The fourth-order valence-corrected chi connectivity index (χ4v) is 2.38. The van der Waals surface area contributed by atoms with Gasteiger partial charge < -0.3 is 5.32 Å². The second-order valence-electron chi connectivity index (χ2n) is 4.56. The molecule has 0 unspecified atom stereocenters. The molecule has 0 spiro atoms. The van der Waals surface area contributed by atoms with E-state index in [9.17, 15) is 0 Å². The van der Waals surface area contributed by atoms with E-state index in [4.69, 9.17) is 0 Å². The molecule has 0 aliphatic rings. The number of nitrogens with one attached hydrogen (secondary N) is 1. The summed E-state index contributed by atoms with van der Waals surface area (Å²) in [6.45, 7) is 5.88. The molecule has 0 atom stereocenters. The molecule has 0 amide bonds. The van der Waals surface area contributed by atoms with Crippen molar-refractivity contribution in [2.45, 2.75) is 37.3 Å². The van der Waals surface area contributed by atoms with Crippen molar-refractivity contribution in [2.75, 3.05) is 6.54 Å². The second kappa shape index (κ2) is 6.67. The molecule has 0 aromatic carbocycles. The Bertz CT molecular complexity index is 505. The van der Waals surface area contributed by atoms with Gasteiger partial charge in [0.25, 0.3) is 0 Å². The van der Waals surface area contributed by atoms with Gasteiger partial charge in [-0.1, -0.05) is 25.6 Å². The molecule has 2 rings (SSSR count). The zero-order valence-corrected chi connectivity index (χ0v) is 12.3. The van der Waals surface area contributed by atoms with E-state index in [-0.39, 0.29) is 0 Å². The van der Waals surface area contributed by atoms with Gasteiger partial charge in [-0.05, 0) is 16.5 Å². The van der Waals surface area contributed by atoms with Crippen LogP contribution in [0.4, 0.5) is 0 Å². The van der Waals surface area contributed by atoms with Crippen molar-refractivity contribution in [3.8, 4) is 0 Å². The lowest BCUT2D eigenvalue weighted by Gasteiger charge is -2.08. The second-order valence-corrected chi connectivity index (χ2v) is 5.51. The van der Waals surface area contributed by atoms with Crippen molar-refractivity contribution >= 4 is 11.8 Å². The molecule has 19 heavy (non-hydrogen) atoms. The van der Waals surface area contributed by atoms with Crippen LogP contribution in [-0.2, 0) is 19.3 Å². The fourth-order valence-electron chi connectivity index (χ4n) is 1.58. The average molecular weight is 281 g/mol. The molecule has 8 heteroatoms. The Morgan fingerprint density at radius 3 is 2.95 bits per heavy atom. The smallest absolute Gasteiger partial charge is 0.209 e. The number of thioether (sulfide) groups is 1. The standard InChI is InChI=1S/C11H19N7S/c1-9(2)12-5-7-18-11(13-15-16-18)19-8-10-4-6-17(3)14-10/h4,6,9,12H,5,7-8H2,1-3H3. The number of nitrogens with zero attached hydrogens (tertiary/aromatic N) is 6. The summed E-state index contributed by atoms with van der Waals surface area (Å²) in [5.74, 6) is 0.777. The van der Waals surface area contributed by atoms with Gasteiger partial charge in [-0.15, -0.1) is 5.10 Å². The monoisotopic (exact) mass is 281 g/mol. The number of hydrogen-bond donors (Lipinski definition) is 1. The number of aromatic nitrogens is 6. The van der Waals surface area contributed by atoms with Crippen molar-refractivity contribution in [1.82, 2.24) is 35.3 Å². The molecule has 2 aromatic heterocycles.